The molecule has 0 aliphatic rings. The number of rotatable bonds is 25. The predicted octanol–water partition coefficient (Wildman–Crippen LogP) is 6.75. The first-order chi connectivity index (χ1) is 17.0. The number of carbonyl (C=O) groups excluding carboxylic acids is 1. The number of hydrogen-bond donors (Lipinski definition) is 4. The van der Waals surface area contributed by atoms with Crippen molar-refractivity contribution in [1.29, 1.82) is 0 Å². The largest absolute Gasteiger partial charge is 0.394 e. The Morgan fingerprint density at radius 1 is 0.714 bits per heavy atom. The minimum absolute atomic E-state index is 0.00713. The lowest BCUT2D eigenvalue weighted by Gasteiger charge is -2.21. The van der Waals surface area contributed by atoms with Crippen LogP contribution in [0.3, 0.4) is 0 Å². The molecule has 1 amide bonds. The molecule has 0 aliphatic heterocycles. The fourth-order valence-electron chi connectivity index (χ4n) is 4.18. The number of carbonyl (C=O) groups is 1. The van der Waals surface area contributed by atoms with Gasteiger partial charge in [-0.05, 0) is 32.1 Å². The lowest BCUT2D eigenvalue weighted by atomic mass is 10.0. The van der Waals surface area contributed by atoms with Gasteiger partial charge in [0.2, 0.25) is 5.91 Å². The molecule has 3 unspecified atom stereocenters. The molecule has 0 heterocycles. The van der Waals surface area contributed by atoms with Gasteiger partial charge in [0.1, 0.15) is 0 Å². The Morgan fingerprint density at radius 2 is 1.23 bits per heavy atom. The second-order valence-electron chi connectivity index (χ2n) is 10.0. The van der Waals surface area contributed by atoms with Crippen molar-refractivity contribution in [3.63, 3.8) is 0 Å². The summed E-state index contributed by atoms with van der Waals surface area (Å²) in [7, 11) is 0. The van der Waals surface area contributed by atoms with Gasteiger partial charge in [-0.15, -0.1) is 0 Å². The average molecular weight is 496 g/mol. The molecule has 0 spiro atoms. The fourth-order valence-corrected chi connectivity index (χ4v) is 4.18. The number of unbranched alkanes of at least 4 members (excludes halogenated alkanes) is 14. The zero-order chi connectivity index (χ0) is 26.0. The number of hydrogen-bond acceptors (Lipinski definition) is 4. The maximum Gasteiger partial charge on any atom is 0.222 e. The minimum Gasteiger partial charge on any atom is -0.394 e. The van der Waals surface area contributed by atoms with Gasteiger partial charge in [0.15, 0.2) is 0 Å². The van der Waals surface area contributed by atoms with E-state index in [2.05, 4.69) is 31.3 Å². The van der Waals surface area contributed by atoms with E-state index in [9.17, 15) is 20.1 Å². The van der Waals surface area contributed by atoms with Crippen LogP contribution in [-0.2, 0) is 4.79 Å². The fraction of sp³-hybridized carbons (Fsp3) is 0.833. The van der Waals surface area contributed by atoms with Gasteiger partial charge in [-0.25, -0.2) is 0 Å². The third-order valence-electron chi connectivity index (χ3n) is 6.49. The summed E-state index contributed by atoms with van der Waals surface area (Å²) in [6, 6.07) is -0.752. The Hall–Kier alpha value is -1.17. The standard InChI is InChI=1S/C30H57NO4/c1-3-5-7-9-11-13-14-16-18-20-22-24-29(34)28(26-32)31-30(35)25-27(33)23-21-19-17-15-12-10-8-6-4-2/h14,16,22,24,27-29,32-34H,3-13,15,17-21,23,25-26H2,1-2H3,(H,31,35)/b16-14+,24-22+. The van der Waals surface area contributed by atoms with E-state index < -0.39 is 18.2 Å². The molecule has 0 saturated heterocycles. The highest BCUT2D eigenvalue weighted by Crippen LogP contribution is 2.12. The van der Waals surface area contributed by atoms with Gasteiger partial charge in [-0.2, -0.15) is 0 Å². The SMILES string of the molecule is CCCCCCC/C=C/CC/C=C/C(O)C(CO)NC(=O)CC(O)CCCCCCCCCCC. The van der Waals surface area contributed by atoms with Crippen molar-refractivity contribution in [3.05, 3.63) is 24.3 Å². The molecule has 0 fully saturated rings. The highest BCUT2D eigenvalue weighted by atomic mass is 16.3. The summed E-state index contributed by atoms with van der Waals surface area (Å²) in [5, 5.41) is 32.7. The third-order valence-corrected chi connectivity index (χ3v) is 6.49. The Kier molecular flexibility index (Phi) is 25.0. The summed E-state index contributed by atoms with van der Waals surface area (Å²) in [4.78, 5) is 12.2. The summed E-state index contributed by atoms with van der Waals surface area (Å²) >= 11 is 0. The van der Waals surface area contributed by atoms with Gasteiger partial charge in [-0.3, -0.25) is 4.79 Å². The van der Waals surface area contributed by atoms with Crippen LogP contribution in [0.5, 0.6) is 0 Å². The number of aliphatic hydroxyl groups excluding tert-OH is 3. The van der Waals surface area contributed by atoms with Crippen LogP contribution in [0.4, 0.5) is 0 Å². The second kappa shape index (κ2) is 25.9. The third kappa shape index (κ3) is 23.0. The molecule has 0 rings (SSSR count). The van der Waals surface area contributed by atoms with E-state index in [0.717, 1.165) is 32.1 Å². The van der Waals surface area contributed by atoms with Crippen molar-refractivity contribution >= 4 is 5.91 Å². The summed E-state index contributed by atoms with van der Waals surface area (Å²) in [6.45, 7) is 4.11. The topological polar surface area (TPSA) is 89.8 Å². The smallest absolute Gasteiger partial charge is 0.222 e. The quantitative estimate of drug-likeness (QED) is 0.0833. The Bertz CT molecular complexity index is 520. The molecule has 206 valence electrons. The molecule has 5 heteroatoms. The van der Waals surface area contributed by atoms with Crippen LogP contribution < -0.4 is 5.32 Å². The van der Waals surface area contributed by atoms with Gasteiger partial charge >= 0.3 is 0 Å². The molecule has 0 saturated carbocycles. The van der Waals surface area contributed by atoms with E-state index >= 15 is 0 Å². The van der Waals surface area contributed by atoms with Crippen LogP contribution in [0.1, 0.15) is 136 Å². The van der Waals surface area contributed by atoms with Crippen LogP contribution in [0, 0.1) is 0 Å². The van der Waals surface area contributed by atoms with Crippen LogP contribution in [0.2, 0.25) is 0 Å². The lowest BCUT2D eigenvalue weighted by molar-refractivity contribution is -0.124. The summed E-state index contributed by atoms with van der Waals surface area (Å²) < 4.78 is 0. The molecule has 0 radical (unpaired) electrons. The predicted molar refractivity (Wildman–Crippen MR) is 148 cm³/mol. The summed E-state index contributed by atoms with van der Waals surface area (Å²) in [5.74, 6) is -0.332. The van der Waals surface area contributed by atoms with Crippen molar-refractivity contribution in [2.24, 2.45) is 0 Å². The zero-order valence-electron chi connectivity index (χ0n) is 22.9. The highest BCUT2D eigenvalue weighted by Gasteiger charge is 2.19. The Labute approximate surface area is 216 Å². The van der Waals surface area contributed by atoms with Crippen molar-refractivity contribution in [2.75, 3.05) is 6.61 Å². The molecule has 0 bridgehead atoms. The van der Waals surface area contributed by atoms with E-state index in [-0.39, 0.29) is 18.9 Å². The first-order valence-electron chi connectivity index (χ1n) is 14.6. The van der Waals surface area contributed by atoms with E-state index in [1.807, 2.05) is 6.08 Å². The lowest BCUT2D eigenvalue weighted by Crippen LogP contribution is -2.45. The molecule has 5 nitrogen and oxygen atoms in total. The van der Waals surface area contributed by atoms with E-state index in [4.69, 9.17) is 0 Å². The molecule has 3 atom stereocenters. The molecule has 4 N–H and O–H groups in total. The van der Waals surface area contributed by atoms with Crippen molar-refractivity contribution in [2.45, 2.75) is 154 Å². The van der Waals surface area contributed by atoms with E-state index in [1.165, 1.54) is 77.0 Å². The maximum atomic E-state index is 12.2. The van der Waals surface area contributed by atoms with Crippen molar-refractivity contribution in [3.8, 4) is 0 Å². The normalized spacial score (nSPS) is 14.5. The monoisotopic (exact) mass is 495 g/mol. The molecular weight excluding hydrogens is 438 g/mol. The van der Waals surface area contributed by atoms with Gasteiger partial charge in [0, 0.05) is 0 Å². The number of aliphatic hydroxyl groups is 3. The number of amides is 1. The van der Waals surface area contributed by atoms with Gasteiger partial charge in [-0.1, -0.05) is 122 Å². The molecule has 0 aliphatic carbocycles. The maximum absolute atomic E-state index is 12.2. The van der Waals surface area contributed by atoms with Gasteiger partial charge in [0.25, 0.3) is 0 Å². The molecule has 35 heavy (non-hydrogen) atoms. The Balaban J connectivity index is 3.91. The van der Waals surface area contributed by atoms with Crippen LogP contribution in [0.25, 0.3) is 0 Å². The van der Waals surface area contributed by atoms with Crippen molar-refractivity contribution < 1.29 is 20.1 Å². The average Bonchev–Trinajstić information content (AvgIpc) is 2.84. The van der Waals surface area contributed by atoms with E-state index in [1.54, 1.807) is 6.08 Å². The zero-order valence-corrected chi connectivity index (χ0v) is 22.9. The molecular formula is C30H57NO4. The van der Waals surface area contributed by atoms with Gasteiger partial charge < -0.3 is 20.6 Å². The molecule has 0 aromatic rings. The van der Waals surface area contributed by atoms with Crippen LogP contribution >= 0.6 is 0 Å². The summed E-state index contributed by atoms with van der Waals surface area (Å²) in [5.41, 5.74) is 0. The molecule has 0 aromatic heterocycles. The summed E-state index contributed by atoms with van der Waals surface area (Å²) in [6.07, 6.45) is 27.3. The van der Waals surface area contributed by atoms with E-state index in [0.29, 0.717) is 6.42 Å². The number of nitrogens with one attached hydrogen (secondary N) is 1. The van der Waals surface area contributed by atoms with Crippen molar-refractivity contribution in [1.82, 2.24) is 5.32 Å². The first kappa shape index (κ1) is 33.8. The molecule has 0 aromatic carbocycles. The Morgan fingerprint density at radius 3 is 1.83 bits per heavy atom. The second-order valence-corrected chi connectivity index (χ2v) is 10.0. The van der Waals surface area contributed by atoms with Crippen LogP contribution in [0.15, 0.2) is 24.3 Å². The van der Waals surface area contributed by atoms with Crippen LogP contribution in [-0.4, -0.2) is 46.1 Å². The highest BCUT2D eigenvalue weighted by molar-refractivity contribution is 5.76. The van der Waals surface area contributed by atoms with Gasteiger partial charge in [0.05, 0.1) is 31.3 Å². The number of allylic oxidation sites excluding steroid dienone is 3. The first-order valence-corrected chi connectivity index (χ1v) is 14.6. The minimum atomic E-state index is -0.944.